The molecule has 5 heteroatoms. The van der Waals surface area contributed by atoms with Crippen LogP contribution in [-0.2, 0) is 6.54 Å². The number of hydrogen-bond donors (Lipinski definition) is 1. The minimum atomic E-state index is -0.470. The van der Waals surface area contributed by atoms with Gasteiger partial charge in [0.15, 0.2) is 11.6 Å². The summed E-state index contributed by atoms with van der Waals surface area (Å²) in [5, 5.41) is 3.08. The van der Waals surface area contributed by atoms with Crippen LogP contribution in [-0.4, -0.2) is 7.11 Å². The van der Waals surface area contributed by atoms with Crippen molar-refractivity contribution in [2.45, 2.75) is 6.54 Å². The van der Waals surface area contributed by atoms with Gasteiger partial charge in [-0.3, -0.25) is 0 Å². The molecule has 100 valence electrons. The van der Waals surface area contributed by atoms with Crippen LogP contribution in [0.2, 0.25) is 5.02 Å². The second kappa shape index (κ2) is 5.89. The Labute approximate surface area is 115 Å². The van der Waals surface area contributed by atoms with Crippen LogP contribution in [0.25, 0.3) is 0 Å². The first-order valence-electron chi connectivity index (χ1n) is 5.61. The molecule has 0 radical (unpaired) electrons. The maximum Gasteiger partial charge on any atom is 0.167 e. The van der Waals surface area contributed by atoms with Crippen molar-refractivity contribution in [3.63, 3.8) is 0 Å². The van der Waals surface area contributed by atoms with Crippen molar-refractivity contribution in [2.24, 2.45) is 0 Å². The normalized spacial score (nSPS) is 10.3. The summed E-state index contributed by atoms with van der Waals surface area (Å²) in [6, 6.07) is 9.08. The molecule has 0 spiro atoms. The molecule has 0 saturated heterocycles. The molecule has 0 saturated carbocycles. The monoisotopic (exact) mass is 283 g/mol. The van der Waals surface area contributed by atoms with E-state index in [9.17, 15) is 8.78 Å². The van der Waals surface area contributed by atoms with Gasteiger partial charge in [0.25, 0.3) is 0 Å². The summed E-state index contributed by atoms with van der Waals surface area (Å²) in [7, 11) is 1.40. The highest BCUT2D eigenvalue weighted by Crippen LogP contribution is 2.21. The minimum Gasteiger partial charge on any atom is -0.494 e. The fourth-order valence-electron chi connectivity index (χ4n) is 1.63. The number of hydrogen-bond acceptors (Lipinski definition) is 2. The number of anilines is 1. The van der Waals surface area contributed by atoms with Crippen LogP contribution in [0.4, 0.5) is 14.5 Å². The Morgan fingerprint density at radius 1 is 1.11 bits per heavy atom. The Bertz CT molecular complexity index is 590. The lowest BCUT2D eigenvalue weighted by Crippen LogP contribution is -2.00. The van der Waals surface area contributed by atoms with E-state index >= 15 is 0 Å². The predicted molar refractivity (Wildman–Crippen MR) is 71.7 cm³/mol. The maximum absolute atomic E-state index is 13.5. The van der Waals surface area contributed by atoms with Gasteiger partial charge in [-0.25, -0.2) is 8.78 Å². The Morgan fingerprint density at radius 3 is 2.53 bits per heavy atom. The van der Waals surface area contributed by atoms with Crippen LogP contribution in [0, 0.1) is 11.6 Å². The quantitative estimate of drug-likeness (QED) is 0.906. The molecule has 0 amide bonds. The summed E-state index contributed by atoms with van der Waals surface area (Å²) in [4.78, 5) is 0. The summed E-state index contributed by atoms with van der Waals surface area (Å²) in [5.74, 6) is -0.736. The molecule has 0 aliphatic rings. The minimum absolute atomic E-state index is 0.0826. The molecule has 1 N–H and O–H groups in total. The Hall–Kier alpha value is -1.81. The van der Waals surface area contributed by atoms with E-state index in [0.29, 0.717) is 12.2 Å². The van der Waals surface area contributed by atoms with Gasteiger partial charge in [0, 0.05) is 18.3 Å². The van der Waals surface area contributed by atoms with Crippen LogP contribution in [0.5, 0.6) is 5.75 Å². The molecule has 0 heterocycles. The molecule has 0 aliphatic heterocycles. The Morgan fingerprint density at radius 2 is 1.89 bits per heavy atom. The first-order valence-corrected chi connectivity index (χ1v) is 5.99. The van der Waals surface area contributed by atoms with Gasteiger partial charge in [0.05, 0.1) is 12.1 Å². The summed E-state index contributed by atoms with van der Waals surface area (Å²) in [6.45, 7) is 0.375. The van der Waals surface area contributed by atoms with Crippen molar-refractivity contribution in [3.05, 3.63) is 58.6 Å². The van der Waals surface area contributed by atoms with Gasteiger partial charge < -0.3 is 10.1 Å². The highest BCUT2D eigenvalue weighted by Gasteiger charge is 2.04. The van der Waals surface area contributed by atoms with Crippen molar-refractivity contribution in [1.29, 1.82) is 0 Å². The fraction of sp³-hybridized carbons (Fsp3) is 0.143. The third kappa shape index (κ3) is 3.35. The lowest BCUT2D eigenvalue weighted by Gasteiger charge is -2.09. The zero-order valence-corrected chi connectivity index (χ0v) is 11.0. The lowest BCUT2D eigenvalue weighted by atomic mass is 10.2. The molecular weight excluding hydrogens is 272 g/mol. The molecule has 0 fully saturated rings. The summed E-state index contributed by atoms with van der Waals surface area (Å²) >= 11 is 5.59. The largest absolute Gasteiger partial charge is 0.494 e. The van der Waals surface area contributed by atoms with Crippen LogP contribution < -0.4 is 10.1 Å². The predicted octanol–water partition coefficient (Wildman–Crippen LogP) is 4.24. The maximum atomic E-state index is 13.5. The summed E-state index contributed by atoms with van der Waals surface area (Å²) in [5.41, 5.74) is 1.31. The SMILES string of the molecule is COc1ccc(NCc2ccc(Cl)c(F)c2)cc1F. The number of halogens is 3. The van der Waals surface area contributed by atoms with E-state index < -0.39 is 11.6 Å². The van der Waals surface area contributed by atoms with Gasteiger partial charge in [0.1, 0.15) is 5.82 Å². The van der Waals surface area contributed by atoms with Crippen LogP contribution in [0.3, 0.4) is 0 Å². The van der Waals surface area contributed by atoms with E-state index in [4.69, 9.17) is 16.3 Å². The third-order valence-corrected chi connectivity index (χ3v) is 2.94. The van der Waals surface area contributed by atoms with E-state index in [1.54, 1.807) is 12.1 Å². The zero-order valence-electron chi connectivity index (χ0n) is 10.2. The summed E-state index contributed by atoms with van der Waals surface area (Å²) in [6.07, 6.45) is 0. The van der Waals surface area contributed by atoms with E-state index in [0.717, 1.165) is 5.56 Å². The van der Waals surface area contributed by atoms with Gasteiger partial charge in [-0.05, 0) is 29.8 Å². The molecule has 2 nitrogen and oxygen atoms in total. The van der Waals surface area contributed by atoms with Gasteiger partial charge in [-0.15, -0.1) is 0 Å². The van der Waals surface area contributed by atoms with Gasteiger partial charge in [-0.2, -0.15) is 0 Å². The molecule has 2 aromatic carbocycles. The Balaban J connectivity index is 2.05. The zero-order chi connectivity index (χ0) is 13.8. The molecule has 0 bridgehead atoms. The molecule has 0 aliphatic carbocycles. The number of benzene rings is 2. The van der Waals surface area contributed by atoms with Crippen LogP contribution in [0.15, 0.2) is 36.4 Å². The smallest absolute Gasteiger partial charge is 0.167 e. The lowest BCUT2D eigenvalue weighted by molar-refractivity contribution is 0.386. The molecular formula is C14H12ClF2NO. The molecule has 2 rings (SSSR count). The fourth-order valence-corrected chi connectivity index (χ4v) is 1.75. The van der Waals surface area contributed by atoms with E-state index in [-0.39, 0.29) is 10.8 Å². The van der Waals surface area contributed by atoms with Crippen molar-refractivity contribution in [3.8, 4) is 5.75 Å². The average molecular weight is 284 g/mol. The highest BCUT2D eigenvalue weighted by molar-refractivity contribution is 6.30. The third-order valence-electron chi connectivity index (χ3n) is 2.63. The molecule has 0 unspecified atom stereocenters. The van der Waals surface area contributed by atoms with E-state index in [1.165, 1.54) is 31.4 Å². The van der Waals surface area contributed by atoms with Crippen LogP contribution in [0.1, 0.15) is 5.56 Å². The Kier molecular flexibility index (Phi) is 4.22. The van der Waals surface area contributed by atoms with Crippen molar-refractivity contribution in [1.82, 2.24) is 0 Å². The molecule has 0 aromatic heterocycles. The number of ether oxygens (including phenoxy) is 1. The van der Waals surface area contributed by atoms with Gasteiger partial charge in [-0.1, -0.05) is 17.7 Å². The average Bonchev–Trinajstić information content (AvgIpc) is 2.40. The number of rotatable bonds is 4. The van der Waals surface area contributed by atoms with Crippen LogP contribution >= 0.6 is 11.6 Å². The number of nitrogens with one attached hydrogen (secondary N) is 1. The van der Waals surface area contributed by atoms with Crippen molar-refractivity contribution < 1.29 is 13.5 Å². The van der Waals surface area contributed by atoms with Crippen molar-refractivity contribution >= 4 is 17.3 Å². The van der Waals surface area contributed by atoms with Gasteiger partial charge in [0.2, 0.25) is 0 Å². The first-order chi connectivity index (χ1) is 9.10. The molecule has 2 aromatic rings. The second-order valence-electron chi connectivity index (χ2n) is 3.95. The van der Waals surface area contributed by atoms with E-state index in [1.807, 2.05) is 0 Å². The second-order valence-corrected chi connectivity index (χ2v) is 4.36. The van der Waals surface area contributed by atoms with Gasteiger partial charge >= 0.3 is 0 Å². The standard InChI is InChI=1S/C14H12ClF2NO/c1-19-14-5-3-10(7-13(14)17)18-8-9-2-4-11(15)12(16)6-9/h2-7,18H,8H2,1H3. The summed E-state index contributed by atoms with van der Waals surface area (Å²) < 4.78 is 31.5. The first kappa shape index (κ1) is 13.6. The molecule has 19 heavy (non-hydrogen) atoms. The van der Waals surface area contributed by atoms with Crippen molar-refractivity contribution in [2.75, 3.05) is 12.4 Å². The van der Waals surface area contributed by atoms with E-state index in [2.05, 4.69) is 5.32 Å². The highest BCUT2D eigenvalue weighted by atomic mass is 35.5. The molecule has 0 atom stereocenters. The number of methoxy groups -OCH3 is 1. The topological polar surface area (TPSA) is 21.3 Å².